The molecule has 0 saturated heterocycles. The van der Waals surface area contributed by atoms with Crippen molar-refractivity contribution in [3.8, 4) is 6.07 Å². The van der Waals surface area contributed by atoms with Crippen LogP contribution in [0.3, 0.4) is 0 Å². The van der Waals surface area contributed by atoms with Gasteiger partial charge in [0.15, 0.2) is 11.5 Å². The third kappa shape index (κ3) is 2.70. The highest BCUT2D eigenvalue weighted by Crippen LogP contribution is 2.27. The van der Waals surface area contributed by atoms with E-state index in [0.29, 0.717) is 17.4 Å². The quantitative estimate of drug-likeness (QED) is 0.926. The number of nitrogens with one attached hydrogen (secondary N) is 1. The molecule has 2 aromatic rings. The smallest absolute Gasteiger partial charge is 0.163 e. The zero-order valence-electron chi connectivity index (χ0n) is 12.1. The first-order valence-electron chi connectivity index (χ1n) is 7.12. The van der Waals surface area contributed by atoms with Crippen LogP contribution in [0.15, 0.2) is 12.1 Å². The Morgan fingerprint density at radius 1 is 1.38 bits per heavy atom. The molecule has 1 atom stereocenters. The highest BCUT2D eigenvalue weighted by Gasteiger charge is 2.25. The zero-order valence-corrected chi connectivity index (χ0v) is 12.1. The van der Waals surface area contributed by atoms with Gasteiger partial charge in [0.05, 0.1) is 6.04 Å². The lowest BCUT2D eigenvalue weighted by Gasteiger charge is -2.23. The molecule has 0 saturated carbocycles. The number of fused-ring (bicyclic) bond motifs is 1. The summed E-state index contributed by atoms with van der Waals surface area (Å²) in [6, 6.07) is 5.47. The fraction of sp³-hybridized carbons (Fsp3) is 0.500. The summed E-state index contributed by atoms with van der Waals surface area (Å²) in [6.45, 7) is 5.10. The second kappa shape index (κ2) is 5.48. The summed E-state index contributed by atoms with van der Waals surface area (Å²) >= 11 is 0. The van der Waals surface area contributed by atoms with Crippen LogP contribution < -0.4 is 5.32 Å². The monoisotopic (exact) mass is 283 g/mol. The molecule has 21 heavy (non-hydrogen) atoms. The summed E-state index contributed by atoms with van der Waals surface area (Å²) in [6.07, 6.45) is 2.03. The van der Waals surface area contributed by atoms with Crippen LogP contribution in [0, 0.1) is 11.3 Å². The second-order valence-corrected chi connectivity index (χ2v) is 5.46. The summed E-state index contributed by atoms with van der Waals surface area (Å²) < 4.78 is 1.98. The highest BCUT2D eigenvalue weighted by atomic mass is 15.4. The molecular formula is C14H17N7. The van der Waals surface area contributed by atoms with E-state index in [0.717, 1.165) is 31.0 Å². The van der Waals surface area contributed by atoms with E-state index < -0.39 is 0 Å². The number of aromatic nitrogens is 5. The SMILES string of the molecule is CC(C)c1nc2n(n1)CCCC2Nc1ccc(C#N)nn1. The van der Waals surface area contributed by atoms with Crippen molar-refractivity contribution in [2.75, 3.05) is 5.32 Å². The maximum Gasteiger partial charge on any atom is 0.163 e. The molecular weight excluding hydrogens is 266 g/mol. The first-order chi connectivity index (χ1) is 10.2. The molecule has 2 aromatic heterocycles. The third-order valence-electron chi connectivity index (χ3n) is 3.51. The zero-order chi connectivity index (χ0) is 14.8. The van der Waals surface area contributed by atoms with Crippen molar-refractivity contribution in [3.63, 3.8) is 0 Å². The van der Waals surface area contributed by atoms with Gasteiger partial charge in [-0.15, -0.1) is 10.2 Å². The summed E-state index contributed by atoms with van der Waals surface area (Å²) in [4.78, 5) is 4.65. The minimum absolute atomic E-state index is 0.0842. The molecule has 1 unspecified atom stereocenters. The lowest BCUT2D eigenvalue weighted by molar-refractivity contribution is 0.436. The van der Waals surface area contributed by atoms with Gasteiger partial charge in [0.1, 0.15) is 17.7 Å². The Hall–Kier alpha value is -2.49. The van der Waals surface area contributed by atoms with Gasteiger partial charge in [-0.1, -0.05) is 13.8 Å². The van der Waals surface area contributed by atoms with E-state index in [1.54, 1.807) is 12.1 Å². The van der Waals surface area contributed by atoms with Crippen molar-refractivity contribution >= 4 is 5.82 Å². The second-order valence-electron chi connectivity index (χ2n) is 5.46. The molecule has 1 N–H and O–H groups in total. The van der Waals surface area contributed by atoms with Crippen molar-refractivity contribution < 1.29 is 0 Å². The topological polar surface area (TPSA) is 92.3 Å². The fourth-order valence-corrected chi connectivity index (χ4v) is 2.40. The Morgan fingerprint density at radius 2 is 2.24 bits per heavy atom. The normalized spacial score (nSPS) is 17.3. The number of nitriles is 1. The predicted octanol–water partition coefficient (Wildman–Crippen LogP) is 2.01. The van der Waals surface area contributed by atoms with E-state index in [1.165, 1.54) is 0 Å². The molecule has 3 rings (SSSR count). The summed E-state index contributed by atoms with van der Waals surface area (Å²) in [7, 11) is 0. The van der Waals surface area contributed by atoms with Crippen LogP contribution in [0.2, 0.25) is 0 Å². The molecule has 108 valence electrons. The summed E-state index contributed by atoms with van der Waals surface area (Å²) in [5, 5.41) is 24.5. The van der Waals surface area contributed by atoms with Gasteiger partial charge < -0.3 is 5.32 Å². The van der Waals surface area contributed by atoms with Crippen LogP contribution in [0.5, 0.6) is 0 Å². The van der Waals surface area contributed by atoms with Gasteiger partial charge in [0, 0.05) is 12.5 Å². The summed E-state index contributed by atoms with van der Waals surface area (Å²) in [5.41, 5.74) is 0.314. The fourth-order valence-electron chi connectivity index (χ4n) is 2.40. The van der Waals surface area contributed by atoms with Crippen molar-refractivity contribution in [2.24, 2.45) is 0 Å². The van der Waals surface area contributed by atoms with E-state index in [4.69, 9.17) is 5.26 Å². The minimum atomic E-state index is 0.0842. The Labute approximate surface area is 123 Å². The maximum absolute atomic E-state index is 8.74. The molecule has 1 aliphatic rings. The number of aryl methyl sites for hydroxylation is 1. The molecule has 0 bridgehead atoms. The van der Waals surface area contributed by atoms with Crippen LogP contribution in [-0.4, -0.2) is 25.0 Å². The Morgan fingerprint density at radius 3 is 2.90 bits per heavy atom. The van der Waals surface area contributed by atoms with Crippen LogP contribution in [0.4, 0.5) is 5.82 Å². The van der Waals surface area contributed by atoms with Gasteiger partial charge >= 0.3 is 0 Å². The van der Waals surface area contributed by atoms with E-state index in [9.17, 15) is 0 Å². The van der Waals surface area contributed by atoms with Gasteiger partial charge in [-0.2, -0.15) is 10.4 Å². The molecule has 7 nitrogen and oxygen atoms in total. The average molecular weight is 283 g/mol. The molecule has 7 heteroatoms. The minimum Gasteiger partial charge on any atom is -0.359 e. The van der Waals surface area contributed by atoms with Gasteiger partial charge in [-0.25, -0.2) is 9.67 Å². The van der Waals surface area contributed by atoms with Gasteiger partial charge in [-0.05, 0) is 25.0 Å². The van der Waals surface area contributed by atoms with Crippen LogP contribution in [-0.2, 0) is 6.54 Å². The van der Waals surface area contributed by atoms with Crippen LogP contribution in [0.1, 0.15) is 56.0 Å². The number of hydrogen-bond donors (Lipinski definition) is 1. The number of anilines is 1. The predicted molar refractivity (Wildman–Crippen MR) is 76.5 cm³/mol. The molecule has 0 aromatic carbocycles. The first kappa shape index (κ1) is 13.5. The average Bonchev–Trinajstić information content (AvgIpc) is 2.93. The van der Waals surface area contributed by atoms with E-state index in [-0.39, 0.29) is 6.04 Å². The molecule has 0 fully saturated rings. The van der Waals surface area contributed by atoms with E-state index in [1.807, 2.05) is 10.8 Å². The van der Waals surface area contributed by atoms with Crippen molar-refractivity contribution in [1.29, 1.82) is 5.26 Å². The van der Waals surface area contributed by atoms with Gasteiger partial charge in [-0.3, -0.25) is 0 Å². The van der Waals surface area contributed by atoms with Gasteiger partial charge in [0.2, 0.25) is 0 Å². The first-order valence-corrected chi connectivity index (χ1v) is 7.12. The van der Waals surface area contributed by atoms with Crippen molar-refractivity contribution in [2.45, 2.75) is 45.2 Å². The lowest BCUT2D eigenvalue weighted by atomic mass is 10.1. The van der Waals surface area contributed by atoms with Gasteiger partial charge in [0.25, 0.3) is 0 Å². The molecule has 0 amide bonds. The van der Waals surface area contributed by atoms with Crippen LogP contribution in [0.25, 0.3) is 0 Å². The van der Waals surface area contributed by atoms with Crippen LogP contribution >= 0.6 is 0 Å². The Kier molecular flexibility index (Phi) is 3.52. The molecule has 3 heterocycles. The van der Waals surface area contributed by atoms with E-state index >= 15 is 0 Å². The Bertz CT molecular complexity index is 666. The standard InChI is InChI=1S/C14H17N7/c1-9(2)13-17-14-11(4-3-7-21(14)20-13)16-12-6-5-10(8-15)18-19-12/h5-6,9,11H,3-4,7H2,1-2H3,(H,16,19). The molecule has 0 radical (unpaired) electrons. The molecule has 0 aliphatic carbocycles. The Balaban J connectivity index is 1.82. The van der Waals surface area contributed by atoms with Crippen molar-refractivity contribution in [3.05, 3.63) is 29.5 Å². The summed E-state index contributed by atoms with van der Waals surface area (Å²) in [5.74, 6) is 2.81. The maximum atomic E-state index is 8.74. The third-order valence-corrected chi connectivity index (χ3v) is 3.51. The number of nitrogens with zero attached hydrogens (tertiary/aromatic N) is 6. The highest BCUT2D eigenvalue weighted by molar-refractivity contribution is 5.37. The molecule has 1 aliphatic heterocycles. The lowest BCUT2D eigenvalue weighted by Crippen LogP contribution is -2.23. The number of hydrogen-bond acceptors (Lipinski definition) is 6. The molecule has 0 spiro atoms. The van der Waals surface area contributed by atoms with Crippen molar-refractivity contribution in [1.82, 2.24) is 25.0 Å². The van der Waals surface area contributed by atoms with E-state index in [2.05, 4.69) is 39.4 Å². The number of rotatable bonds is 3. The largest absolute Gasteiger partial charge is 0.359 e.